The molecule has 1 aliphatic carbocycles. The van der Waals surface area contributed by atoms with E-state index in [1.807, 2.05) is 91.9 Å². The number of ether oxygens (including phenoxy) is 1. The van der Waals surface area contributed by atoms with Crippen LogP contribution in [-0.4, -0.2) is 50.0 Å². The number of nitrogens with zero attached hydrogens (tertiary/aromatic N) is 2. The van der Waals surface area contributed by atoms with Gasteiger partial charge < -0.3 is 15.0 Å². The van der Waals surface area contributed by atoms with Gasteiger partial charge in [0.05, 0.1) is 11.9 Å². The predicted molar refractivity (Wildman–Crippen MR) is 181 cm³/mol. The third-order valence-corrected chi connectivity index (χ3v) is 9.37. The summed E-state index contributed by atoms with van der Waals surface area (Å²) in [5.74, 6) is 0.474. The van der Waals surface area contributed by atoms with E-state index in [0.29, 0.717) is 23.6 Å². The molecular weight excluding hydrogens is 598 g/mol. The molecule has 0 aromatic heterocycles. The number of carbonyl (C=O) groups is 2. The van der Waals surface area contributed by atoms with Gasteiger partial charge in [0, 0.05) is 19.0 Å². The van der Waals surface area contributed by atoms with Gasteiger partial charge in [0.2, 0.25) is 21.8 Å². The molecule has 0 radical (unpaired) electrons. The van der Waals surface area contributed by atoms with Gasteiger partial charge in [-0.25, -0.2) is 8.42 Å². The SMILES string of the molecule is Cc1ccc(CN(C(=O)CN(c2ccc(Oc3ccccc3)cc2)S(C)(=O)=O)[C@@H](Cc2ccccc2)C(=O)NC2CCCC2)cc1. The lowest BCUT2D eigenvalue weighted by molar-refractivity contribution is -0.140. The van der Waals surface area contributed by atoms with E-state index in [2.05, 4.69) is 5.32 Å². The molecule has 5 rings (SSSR count). The Balaban J connectivity index is 1.45. The number of rotatable bonds is 13. The van der Waals surface area contributed by atoms with Crippen LogP contribution in [0.15, 0.2) is 109 Å². The topological polar surface area (TPSA) is 96.0 Å². The highest BCUT2D eigenvalue weighted by molar-refractivity contribution is 7.92. The summed E-state index contributed by atoms with van der Waals surface area (Å²) in [6.07, 6.45) is 5.29. The number of benzene rings is 4. The second-order valence-electron chi connectivity index (χ2n) is 11.9. The average molecular weight is 640 g/mol. The van der Waals surface area contributed by atoms with Crippen molar-refractivity contribution < 1.29 is 22.7 Å². The Morgan fingerprint density at radius 2 is 1.39 bits per heavy atom. The summed E-state index contributed by atoms with van der Waals surface area (Å²) >= 11 is 0. The maximum absolute atomic E-state index is 14.3. The second kappa shape index (κ2) is 15.1. The van der Waals surface area contributed by atoms with E-state index in [-0.39, 0.29) is 18.5 Å². The molecule has 0 aliphatic heterocycles. The van der Waals surface area contributed by atoms with Gasteiger partial charge >= 0.3 is 0 Å². The third-order valence-electron chi connectivity index (χ3n) is 8.23. The summed E-state index contributed by atoms with van der Waals surface area (Å²) in [6.45, 7) is 1.67. The van der Waals surface area contributed by atoms with E-state index in [1.54, 1.807) is 24.3 Å². The number of sulfonamides is 1. The fourth-order valence-corrected chi connectivity index (χ4v) is 6.58. The lowest BCUT2D eigenvalue weighted by Crippen LogP contribution is -2.54. The molecule has 2 amide bonds. The molecule has 0 bridgehead atoms. The van der Waals surface area contributed by atoms with Gasteiger partial charge in [-0.1, -0.05) is 91.2 Å². The lowest BCUT2D eigenvalue weighted by Gasteiger charge is -2.34. The van der Waals surface area contributed by atoms with Gasteiger partial charge in [0.1, 0.15) is 24.1 Å². The zero-order valence-corrected chi connectivity index (χ0v) is 27.2. The van der Waals surface area contributed by atoms with Gasteiger partial charge in [0.25, 0.3) is 0 Å². The molecule has 1 saturated carbocycles. The Kier molecular flexibility index (Phi) is 10.8. The highest BCUT2D eigenvalue weighted by atomic mass is 32.2. The summed E-state index contributed by atoms with van der Waals surface area (Å²) in [5.41, 5.74) is 3.15. The highest BCUT2D eigenvalue weighted by Crippen LogP contribution is 2.26. The molecule has 0 spiro atoms. The fraction of sp³-hybridized carbons (Fsp3) is 0.297. The van der Waals surface area contributed by atoms with Crippen LogP contribution >= 0.6 is 0 Å². The summed E-state index contributed by atoms with van der Waals surface area (Å²) in [7, 11) is -3.88. The van der Waals surface area contributed by atoms with E-state index >= 15 is 0 Å². The van der Waals surface area contributed by atoms with E-state index in [9.17, 15) is 18.0 Å². The minimum absolute atomic E-state index is 0.0613. The summed E-state index contributed by atoms with van der Waals surface area (Å²) in [5, 5.41) is 3.19. The predicted octanol–water partition coefficient (Wildman–Crippen LogP) is 6.25. The summed E-state index contributed by atoms with van der Waals surface area (Å²) in [6, 6.07) is 32.4. The molecular formula is C37H41N3O5S. The van der Waals surface area contributed by atoms with Crippen molar-refractivity contribution >= 4 is 27.5 Å². The molecule has 240 valence electrons. The third kappa shape index (κ3) is 8.97. The van der Waals surface area contributed by atoms with E-state index < -0.39 is 28.5 Å². The first-order valence-corrected chi connectivity index (χ1v) is 17.5. The van der Waals surface area contributed by atoms with Crippen molar-refractivity contribution in [3.8, 4) is 11.5 Å². The molecule has 4 aromatic rings. The van der Waals surface area contributed by atoms with Crippen molar-refractivity contribution in [2.75, 3.05) is 17.1 Å². The molecule has 9 heteroatoms. The number of aryl methyl sites for hydroxylation is 1. The first-order chi connectivity index (χ1) is 22.2. The molecule has 46 heavy (non-hydrogen) atoms. The van der Waals surface area contributed by atoms with Gasteiger partial charge in [0.15, 0.2) is 0 Å². The Bertz CT molecular complexity index is 1690. The highest BCUT2D eigenvalue weighted by Gasteiger charge is 2.34. The van der Waals surface area contributed by atoms with Crippen molar-refractivity contribution in [2.24, 2.45) is 0 Å². The van der Waals surface area contributed by atoms with Gasteiger partial charge in [-0.2, -0.15) is 0 Å². The zero-order chi connectivity index (χ0) is 32.5. The van der Waals surface area contributed by atoms with Crippen molar-refractivity contribution in [2.45, 2.75) is 57.7 Å². The van der Waals surface area contributed by atoms with Gasteiger partial charge in [-0.15, -0.1) is 0 Å². The maximum atomic E-state index is 14.3. The Morgan fingerprint density at radius 1 is 0.804 bits per heavy atom. The number of hydrogen-bond donors (Lipinski definition) is 1. The van der Waals surface area contributed by atoms with Crippen LogP contribution in [0.1, 0.15) is 42.4 Å². The van der Waals surface area contributed by atoms with Crippen molar-refractivity contribution in [1.29, 1.82) is 0 Å². The molecule has 0 heterocycles. The molecule has 0 saturated heterocycles. The smallest absolute Gasteiger partial charge is 0.244 e. The lowest BCUT2D eigenvalue weighted by atomic mass is 10.0. The largest absolute Gasteiger partial charge is 0.457 e. The van der Waals surface area contributed by atoms with Crippen LogP contribution in [0.3, 0.4) is 0 Å². The minimum atomic E-state index is -3.88. The molecule has 1 fully saturated rings. The van der Waals surface area contributed by atoms with Crippen LogP contribution in [0.25, 0.3) is 0 Å². The average Bonchev–Trinajstić information content (AvgIpc) is 3.56. The Labute approximate surface area is 272 Å². The van der Waals surface area contributed by atoms with Gasteiger partial charge in [-0.05, 0) is 67.3 Å². The van der Waals surface area contributed by atoms with Crippen LogP contribution in [0.4, 0.5) is 5.69 Å². The second-order valence-corrected chi connectivity index (χ2v) is 13.8. The monoisotopic (exact) mass is 639 g/mol. The molecule has 1 atom stereocenters. The summed E-state index contributed by atoms with van der Waals surface area (Å²) in [4.78, 5) is 29.9. The molecule has 1 N–H and O–H groups in total. The van der Waals surface area contributed by atoms with Crippen LogP contribution in [0.2, 0.25) is 0 Å². The summed E-state index contributed by atoms with van der Waals surface area (Å²) < 4.78 is 33.2. The quantitative estimate of drug-likeness (QED) is 0.187. The number of para-hydroxylation sites is 1. The minimum Gasteiger partial charge on any atom is -0.457 e. The molecule has 8 nitrogen and oxygen atoms in total. The standard InChI is InChI=1S/C37H41N3O5S/c1-28-17-19-30(20-18-28)26-39(35(25-29-11-5-3-6-12-29)37(42)38-31-13-9-10-14-31)36(41)27-40(46(2,43)44)32-21-23-34(24-22-32)45-33-15-7-4-8-16-33/h3-8,11-12,15-24,31,35H,9-10,13-14,25-27H2,1-2H3,(H,38,42)/t35-/m0/s1. The van der Waals surface area contributed by atoms with Crippen LogP contribution in [0, 0.1) is 6.92 Å². The van der Waals surface area contributed by atoms with Crippen molar-refractivity contribution in [1.82, 2.24) is 10.2 Å². The van der Waals surface area contributed by atoms with Gasteiger partial charge in [-0.3, -0.25) is 13.9 Å². The fourth-order valence-electron chi connectivity index (χ4n) is 5.73. The number of anilines is 1. The number of nitrogens with one attached hydrogen (secondary N) is 1. The van der Waals surface area contributed by atoms with Crippen molar-refractivity contribution in [3.63, 3.8) is 0 Å². The number of amides is 2. The van der Waals surface area contributed by atoms with E-state index in [1.165, 1.54) is 4.90 Å². The molecule has 1 aliphatic rings. The normalized spacial score (nSPS) is 14.0. The van der Waals surface area contributed by atoms with E-state index in [4.69, 9.17) is 4.74 Å². The van der Waals surface area contributed by atoms with Crippen LogP contribution in [0.5, 0.6) is 11.5 Å². The molecule has 0 unspecified atom stereocenters. The van der Waals surface area contributed by atoms with E-state index in [0.717, 1.165) is 52.9 Å². The van der Waals surface area contributed by atoms with Crippen molar-refractivity contribution in [3.05, 3.63) is 126 Å². The Hall–Kier alpha value is -4.63. The van der Waals surface area contributed by atoms with Crippen LogP contribution in [-0.2, 0) is 32.6 Å². The molecule has 4 aromatic carbocycles. The number of carbonyl (C=O) groups excluding carboxylic acids is 2. The first kappa shape index (κ1) is 32.8. The van der Waals surface area contributed by atoms with Crippen LogP contribution < -0.4 is 14.4 Å². The first-order valence-electron chi connectivity index (χ1n) is 15.7. The maximum Gasteiger partial charge on any atom is 0.244 e. The Morgan fingerprint density at radius 3 is 2.00 bits per heavy atom. The zero-order valence-electron chi connectivity index (χ0n) is 26.3. The number of hydrogen-bond acceptors (Lipinski definition) is 5.